The summed E-state index contributed by atoms with van der Waals surface area (Å²) in [7, 11) is 3.07. The molecule has 2 aromatic rings. The average molecular weight is 488 g/mol. The normalized spacial score (nSPS) is 15.1. The third-order valence-electron chi connectivity index (χ3n) is 6.55. The molecule has 35 heavy (non-hydrogen) atoms. The molecule has 194 valence electrons. The fourth-order valence-electron chi connectivity index (χ4n) is 4.41. The average Bonchev–Trinajstić information content (AvgIpc) is 3.18. The molecule has 0 fully saturated rings. The van der Waals surface area contributed by atoms with Gasteiger partial charge in [-0.15, -0.1) is 0 Å². The monoisotopic (exact) mass is 487 g/mol. The Labute approximate surface area is 208 Å². The van der Waals surface area contributed by atoms with Gasteiger partial charge in [-0.2, -0.15) is 0 Å². The first kappa shape index (κ1) is 28.3. The van der Waals surface area contributed by atoms with Crippen LogP contribution in [0.1, 0.15) is 53.3 Å². The van der Waals surface area contributed by atoms with E-state index in [1.54, 1.807) is 14.0 Å². The number of rotatable bonds is 12. The standard InChI is InChI=1S/C26H41N5O4/c1-15(2)12-13-21(32)30(6)22(16(3)4)26(35)31(7)23(25(27)34)24(33)17(5)14-20-28-18-10-8-9-11-19(18)29-20/h8-11,15-17,22-24,33H,12-14H2,1-7H3,(H2,27,34)(H,28,29)/t17-,22+,23-,24-/m1/s1. The third-order valence-corrected chi connectivity index (χ3v) is 6.55. The summed E-state index contributed by atoms with van der Waals surface area (Å²) in [4.78, 5) is 49.1. The van der Waals surface area contributed by atoms with E-state index in [1.165, 1.54) is 16.8 Å². The number of imidazole rings is 1. The second-order valence-electron chi connectivity index (χ2n) is 10.3. The molecule has 0 aliphatic carbocycles. The van der Waals surface area contributed by atoms with E-state index in [-0.39, 0.29) is 11.8 Å². The van der Waals surface area contributed by atoms with E-state index in [0.717, 1.165) is 17.5 Å². The largest absolute Gasteiger partial charge is 0.390 e. The molecular formula is C26H41N5O4. The first-order valence-electron chi connectivity index (χ1n) is 12.3. The summed E-state index contributed by atoms with van der Waals surface area (Å²) in [5.41, 5.74) is 7.36. The molecule has 0 unspecified atom stereocenters. The Balaban J connectivity index is 2.19. The number of likely N-dealkylation sites (N-methyl/N-ethyl adjacent to an activating group) is 2. The highest BCUT2D eigenvalue weighted by atomic mass is 16.3. The Kier molecular flexibility index (Phi) is 9.82. The number of nitrogens with zero attached hydrogens (tertiary/aromatic N) is 3. The summed E-state index contributed by atoms with van der Waals surface area (Å²) < 4.78 is 0. The maximum Gasteiger partial charge on any atom is 0.246 e. The van der Waals surface area contributed by atoms with Crippen LogP contribution in [-0.2, 0) is 20.8 Å². The Morgan fingerprint density at radius 3 is 2.20 bits per heavy atom. The summed E-state index contributed by atoms with van der Waals surface area (Å²) in [6.45, 7) is 9.56. The van der Waals surface area contributed by atoms with E-state index in [4.69, 9.17) is 5.73 Å². The zero-order valence-corrected chi connectivity index (χ0v) is 22.0. The van der Waals surface area contributed by atoms with Crippen LogP contribution in [0.4, 0.5) is 0 Å². The lowest BCUT2D eigenvalue weighted by Gasteiger charge is -2.38. The molecule has 1 aromatic heterocycles. The van der Waals surface area contributed by atoms with Crippen LogP contribution < -0.4 is 5.73 Å². The number of hydrogen-bond donors (Lipinski definition) is 3. The first-order chi connectivity index (χ1) is 16.3. The van der Waals surface area contributed by atoms with Crippen LogP contribution in [0.3, 0.4) is 0 Å². The fraction of sp³-hybridized carbons (Fsp3) is 0.615. The van der Waals surface area contributed by atoms with Gasteiger partial charge < -0.3 is 25.6 Å². The van der Waals surface area contributed by atoms with Crippen LogP contribution in [0.25, 0.3) is 11.0 Å². The SMILES string of the molecule is CC(C)CCC(=O)N(C)[C@H](C(=O)N(C)[C@@H](C(N)=O)[C@H](O)[C@H](C)Cc1nc2ccccc2[nH]1)C(C)C. The van der Waals surface area contributed by atoms with E-state index in [2.05, 4.69) is 9.97 Å². The molecule has 1 aromatic carbocycles. The molecule has 3 amide bonds. The summed E-state index contributed by atoms with van der Waals surface area (Å²) in [6.07, 6.45) is 0.206. The van der Waals surface area contributed by atoms with Gasteiger partial charge in [0.2, 0.25) is 17.7 Å². The van der Waals surface area contributed by atoms with Gasteiger partial charge in [0.15, 0.2) is 0 Å². The minimum absolute atomic E-state index is 0.131. The second kappa shape index (κ2) is 12.2. The minimum Gasteiger partial charge on any atom is -0.390 e. The lowest BCUT2D eigenvalue weighted by molar-refractivity contribution is -0.152. The second-order valence-corrected chi connectivity index (χ2v) is 10.3. The van der Waals surface area contributed by atoms with Gasteiger partial charge in [-0.1, -0.05) is 46.8 Å². The molecule has 0 aliphatic rings. The molecule has 4 N–H and O–H groups in total. The zero-order chi connectivity index (χ0) is 26.4. The van der Waals surface area contributed by atoms with E-state index in [1.807, 2.05) is 52.0 Å². The van der Waals surface area contributed by atoms with Gasteiger partial charge in [0, 0.05) is 26.9 Å². The smallest absolute Gasteiger partial charge is 0.246 e. The summed E-state index contributed by atoms with van der Waals surface area (Å²) >= 11 is 0. The number of hydrogen-bond acceptors (Lipinski definition) is 5. The molecule has 0 saturated carbocycles. The third kappa shape index (κ3) is 7.04. The molecule has 0 bridgehead atoms. The number of carbonyl (C=O) groups is 3. The number of carbonyl (C=O) groups excluding carboxylic acids is 3. The van der Waals surface area contributed by atoms with Crippen molar-refractivity contribution in [1.82, 2.24) is 19.8 Å². The highest BCUT2D eigenvalue weighted by Crippen LogP contribution is 2.21. The quantitative estimate of drug-likeness (QED) is 0.423. The van der Waals surface area contributed by atoms with Gasteiger partial charge in [-0.05, 0) is 36.3 Å². The molecule has 9 nitrogen and oxygen atoms in total. The van der Waals surface area contributed by atoms with E-state index >= 15 is 0 Å². The number of benzene rings is 1. The highest BCUT2D eigenvalue weighted by Gasteiger charge is 2.40. The number of aliphatic hydroxyl groups is 1. The Morgan fingerprint density at radius 1 is 1.03 bits per heavy atom. The molecule has 0 radical (unpaired) electrons. The summed E-state index contributed by atoms with van der Waals surface area (Å²) in [5, 5.41) is 11.1. The maximum absolute atomic E-state index is 13.5. The minimum atomic E-state index is -1.25. The zero-order valence-electron chi connectivity index (χ0n) is 22.0. The van der Waals surface area contributed by atoms with Gasteiger partial charge in [0.25, 0.3) is 0 Å². The van der Waals surface area contributed by atoms with Gasteiger partial charge in [-0.25, -0.2) is 4.98 Å². The van der Waals surface area contributed by atoms with Crippen molar-refractivity contribution >= 4 is 28.8 Å². The molecule has 2 rings (SSSR count). The molecule has 4 atom stereocenters. The summed E-state index contributed by atoms with van der Waals surface area (Å²) in [5.74, 6) is -0.951. The number of para-hydroxylation sites is 2. The molecule has 1 heterocycles. The van der Waals surface area contributed by atoms with Crippen molar-refractivity contribution in [3.63, 3.8) is 0 Å². The fourth-order valence-corrected chi connectivity index (χ4v) is 4.41. The maximum atomic E-state index is 13.5. The van der Waals surface area contributed by atoms with E-state index < -0.39 is 35.9 Å². The van der Waals surface area contributed by atoms with Gasteiger partial charge in [-0.3, -0.25) is 14.4 Å². The molecule has 9 heteroatoms. The van der Waals surface area contributed by atoms with E-state index in [9.17, 15) is 19.5 Å². The number of fused-ring (bicyclic) bond motifs is 1. The molecule has 0 aliphatic heterocycles. The number of aliphatic hydroxyl groups excluding tert-OH is 1. The predicted molar refractivity (Wildman–Crippen MR) is 136 cm³/mol. The Bertz CT molecular complexity index is 985. The van der Waals surface area contributed by atoms with Crippen LogP contribution in [-0.4, -0.2) is 74.9 Å². The molecule has 0 spiro atoms. The van der Waals surface area contributed by atoms with Gasteiger partial charge >= 0.3 is 0 Å². The van der Waals surface area contributed by atoms with Crippen molar-refractivity contribution in [2.24, 2.45) is 23.5 Å². The van der Waals surface area contributed by atoms with Crippen LogP contribution in [0.5, 0.6) is 0 Å². The van der Waals surface area contributed by atoms with Gasteiger partial charge in [0.1, 0.15) is 17.9 Å². The number of nitrogens with one attached hydrogen (secondary N) is 1. The van der Waals surface area contributed by atoms with Crippen LogP contribution in [0, 0.1) is 17.8 Å². The van der Waals surface area contributed by atoms with Crippen molar-refractivity contribution < 1.29 is 19.5 Å². The van der Waals surface area contributed by atoms with Crippen molar-refractivity contribution in [3.05, 3.63) is 30.1 Å². The number of aromatic amines is 1. The van der Waals surface area contributed by atoms with Crippen LogP contribution in [0.2, 0.25) is 0 Å². The van der Waals surface area contributed by atoms with Crippen molar-refractivity contribution in [1.29, 1.82) is 0 Å². The Morgan fingerprint density at radius 2 is 1.66 bits per heavy atom. The first-order valence-corrected chi connectivity index (χ1v) is 12.3. The number of primary amides is 1. The lowest BCUT2D eigenvalue weighted by atomic mass is 9.92. The highest BCUT2D eigenvalue weighted by molar-refractivity contribution is 5.92. The number of H-pyrrole nitrogens is 1. The van der Waals surface area contributed by atoms with Gasteiger partial charge in [0.05, 0.1) is 17.1 Å². The van der Waals surface area contributed by atoms with E-state index in [0.29, 0.717) is 24.6 Å². The van der Waals surface area contributed by atoms with Crippen molar-refractivity contribution in [2.75, 3.05) is 14.1 Å². The molecule has 0 saturated heterocycles. The van der Waals surface area contributed by atoms with Crippen LogP contribution in [0.15, 0.2) is 24.3 Å². The number of amides is 3. The number of aromatic nitrogens is 2. The molecular weight excluding hydrogens is 446 g/mol. The van der Waals surface area contributed by atoms with Crippen molar-refractivity contribution in [3.8, 4) is 0 Å². The number of nitrogens with two attached hydrogens (primary N) is 1. The Hall–Kier alpha value is -2.94. The topological polar surface area (TPSA) is 133 Å². The van der Waals surface area contributed by atoms with Crippen molar-refractivity contribution in [2.45, 2.75) is 72.1 Å². The lowest BCUT2D eigenvalue weighted by Crippen LogP contribution is -2.59. The summed E-state index contributed by atoms with van der Waals surface area (Å²) in [6, 6.07) is 5.57. The predicted octanol–water partition coefficient (Wildman–Crippen LogP) is 2.33. The van der Waals surface area contributed by atoms with Crippen LogP contribution >= 0.6 is 0 Å².